The molecule has 0 spiro atoms. The lowest BCUT2D eigenvalue weighted by Crippen LogP contribution is -2.42. The second-order valence-corrected chi connectivity index (χ2v) is 5.61. The summed E-state index contributed by atoms with van der Waals surface area (Å²) in [5, 5.41) is 10.2. The maximum Gasteiger partial charge on any atom is 0.222 e. The van der Waals surface area contributed by atoms with Crippen LogP contribution in [-0.4, -0.2) is 35.1 Å². The van der Waals surface area contributed by atoms with Gasteiger partial charge in [0.25, 0.3) is 0 Å². The normalized spacial score (nSPS) is 19.1. The summed E-state index contributed by atoms with van der Waals surface area (Å²) in [6, 6.07) is 0. The molecular formula is C13H25NO2. The van der Waals surface area contributed by atoms with Gasteiger partial charge in [-0.2, -0.15) is 0 Å². The molecule has 1 amide bonds. The van der Waals surface area contributed by atoms with Crippen molar-refractivity contribution in [3.05, 3.63) is 0 Å². The van der Waals surface area contributed by atoms with Crippen molar-refractivity contribution in [1.82, 2.24) is 4.90 Å². The predicted octanol–water partition coefficient (Wildman–Crippen LogP) is 2.19. The SMILES string of the molecule is CC(C)CCC(=O)N(C)CC1(O)CCCC1. The molecule has 0 aromatic carbocycles. The Morgan fingerprint density at radius 2 is 1.94 bits per heavy atom. The number of likely N-dealkylation sites (N-methyl/N-ethyl adjacent to an activating group) is 1. The molecule has 0 saturated heterocycles. The first kappa shape index (κ1) is 13.5. The van der Waals surface area contributed by atoms with Gasteiger partial charge in [-0.15, -0.1) is 0 Å². The first-order chi connectivity index (χ1) is 7.43. The van der Waals surface area contributed by atoms with E-state index in [0.717, 1.165) is 32.1 Å². The molecule has 0 heterocycles. The number of aliphatic hydroxyl groups is 1. The summed E-state index contributed by atoms with van der Waals surface area (Å²) in [4.78, 5) is 13.5. The van der Waals surface area contributed by atoms with Crippen molar-refractivity contribution >= 4 is 5.91 Å². The van der Waals surface area contributed by atoms with Crippen LogP contribution in [0, 0.1) is 5.92 Å². The molecule has 94 valence electrons. The topological polar surface area (TPSA) is 40.5 Å². The van der Waals surface area contributed by atoms with E-state index in [1.807, 2.05) is 0 Å². The van der Waals surface area contributed by atoms with Gasteiger partial charge < -0.3 is 10.0 Å². The molecular weight excluding hydrogens is 202 g/mol. The van der Waals surface area contributed by atoms with Crippen LogP contribution in [0.5, 0.6) is 0 Å². The molecule has 0 radical (unpaired) electrons. The molecule has 0 bridgehead atoms. The molecule has 1 rings (SSSR count). The van der Waals surface area contributed by atoms with Crippen LogP contribution in [0.2, 0.25) is 0 Å². The van der Waals surface area contributed by atoms with Crippen molar-refractivity contribution in [2.75, 3.05) is 13.6 Å². The highest BCUT2D eigenvalue weighted by Crippen LogP contribution is 2.30. The molecule has 0 atom stereocenters. The van der Waals surface area contributed by atoms with E-state index in [0.29, 0.717) is 18.9 Å². The second kappa shape index (κ2) is 5.67. The Morgan fingerprint density at radius 3 is 2.44 bits per heavy atom. The number of carbonyl (C=O) groups is 1. The molecule has 3 heteroatoms. The fourth-order valence-electron chi connectivity index (χ4n) is 2.32. The average molecular weight is 227 g/mol. The van der Waals surface area contributed by atoms with Gasteiger partial charge in [-0.3, -0.25) is 4.79 Å². The Kier molecular flexibility index (Phi) is 4.78. The van der Waals surface area contributed by atoms with Crippen LogP contribution in [0.1, 0.15) is 52.4 Å². The van der Waals surface area contributed by atoms with Crippen molar-refractivity contribution in [2.24, 2.45) is 5.92 Å². The van der Waals surface area contributed by atoms with Gasteiger partial charge >= 0.3 is 0 Å². The Morgan fingerprint density at radius 1 is 1.38 bits per heavy atom. The molecule has 1 saturated carbocycles. The van der Waals surface area contributed by atoms with Crippen LogP contribution in [0.15, 0.2) is 0 Å². The van der Waals surface area contributed by atoms with E-state index in [4.69, 9.17) is 0 Å². The highest BCUT2D eigenvalue weighted by atomic mass is 16.3. The Hall–Kier alpha value is -0.570. The minimum Gasteiger partial charge on any atom is -0.388 e. The zero-order chi connectivity index (χ0) is 12.2. The third-order valence-electron chi connectivity index (χ3n) is 3.43. The molecule has 0 aromatic rings. The molecule has 1 aliphatic rings. The van der Waals surface area contributed by atoms with Crippen molar-refractivity contribution in [3.63, 3.8) is 0 Å². The number of rotatable bonds is 5. The smallest absolute Gasteiger partial charge is 0.222 e. The lowest BCUT2D eigenvalue weighted by atomic mass is 10.0. The highest BCUT2D eigenvalue weighted by molar-refractivity contribution is 5.75. The summed E-state index contributed by atoms with van der Waals surface area (Å²) in [5.41, 5.74) is -0.609. The van der Waals surface area contributed by atoms with E-state index in [2.05, 4.69) is 13.8 Å². The zero-order valence-electron chi connectivity index (χ0n) is 10.8. The summed E-state index contributed by atoms with van der Waals surface area (Å²) in [6.45, 7) is 4.75. The van der Waals surface area contributed by atoms with E-state index in [9.17, 15) is 9.90 Å². The third kappa shape index (κ3) is 4.12. The number of carbonyl (C=O) groups excluding carboxylic acids is 1. The van der Waals surface area contributed by atoms with Gasteiger partial charge in [-0.25, -0.2) is 0 Å². The van der Waals surface area contributed by atoms with Crippen molar-refractivity contribution in [2.45, 2.75) is 58.0 Å². The van der Waals surface area contributed by atoms with Crippen LogP contribution in [0.4, 0.5) is 0 Å². The Labute approximate surface area is 98.8 Å². The van der Waals surface area contributed by atoms with Gasteiger partial charge in [0.05, 0.1) is 5.60 Å². The van der Waals surface area contributed by atoms with Gasteiger partial charge in [0, 0.05) is 20.0 Å². The average Bonchev–Trinajstić information content (AvgIpc) is 2.61. The van der Waals surface area contributed by atoms with Gasteiger partial charge in [0.2, 0.25) is 5.91 Å². The third-order valence-corrected chi connectivity index (χ3v) is 3.43. The summed E-state index contributed by atoms with van der Waals surface area (Å²) in [7, 11) is 1.80. The second-order valence-electron chi connectivity index (χ2n) is 5.61. The van der Waals surface area contributed by atoms with Gasteiger partial charge in [0.1, 0.15) is 0 Å². The minimum atomic E-state index is -0.609. The van der Waals surface area contributed by atoms with Crippen molar-refractivity contribution in [1.29, 1.82) is 0 Å². The van der Waals surface area contributed by atoms with Crippen molar-refractivity contribution < 1.29 is 9.90 Å². The van der Waals surface area contributed by atoms with E-state index in [1.165, 1.54) is 0 Å². The van der Waals surface area contributed by atoms with Gasteiger partial charge in [-0.1, -0.05) is 26.7 Å². The number of hydrogen-bond acceptors (Lipinski definition) is 2. The van der Waals surface area contributed by atoms with Crippen LogP contribution in [0.3, 0.4) is 0 Å². The number of amides is 1. The fourth-order valence-corrected chi connectivity index (χ4v) is 2.32. The molecule has 0 aromatic heterocycles. The van der Waals surface area contributed by atoms with Crippen LogP contribution in [0.25, 0.3) is 0 Å². The van der Waals surface area contributed by atoms with E-state index in [1.54, 1.807) is 11.9 Å². The molecule has 0 unspecified atom stereocenters. The lowest BCUT2D eigenvalue weighted by molar-refractivity contribution is -0.133. The summed E-state index contributed by atoms with van der Waals surface area (Å²) < 4.78 is 0. The van der Waals surface area contributed by atoms with Crippen LogP contribution < -0.4 is 0 Å². The summed E-state index contributed by atoms with van der Waals surface area (Å²) in [6.07, 6.45) is 5.39. The molecule has 1 N–H and O–H groups in total. The standard InChI is InChI=1S/C13H25NO2/c1-11(2)6-7-12(15)14(3)10-13(16)8-4-5-9-13/h11,16H,4-10H2,1-3H3. The largest absolute Gasteiger partial charge is 0.388 e. The quantitative estimate of drug-likeness (QED) is 0.782. The first-order valence-electron chi connectivity index (χ1n) is 6.39. The Bertz CT molecular complexity index is 232. The molecule has 1 fully saturated rings. The van der Waals surface area contributed by atoms with Crippen LogP contribution in [-0.2, 0) is 4.79 Å². The van der Waals surface area contributed by atoms with Gasteiger partial charge in [-0.05, 0) is 25.2 Å². The zero-order valence-corrected chi connectivity index (χ0v) is 10.8. The first-order valence-corrected chi connectivity index (χ1v) is 6.39. The summed E-state index contributed by atoms with van der Waals surface area (Å²) >= 11 is 0. The molecule has 1 aliphatic carbocycles. The number of nitrogens with zero attached hydrogens (tertiary/aromatic N) is 1. The van der Waals surface area contributed by atoms with E-state index in [-0.39, 0.29) is 5.91 Å². The van der Waals surface area contributed by atoms with Crippen LogP contribution >= 0.6 is 0 Å². The van der Waals surface area contributed by atoms with E-state index < -0.39 is 5.60 Å². The summed E-state index contributed by atoms with van der Waals surface area (Å²) in [5.74, 6) is 0.723. The van der Waals surface area contributed by atoms with E-state index >= 15 is 0 Å². The van der Waals surface area contributed by atoms with Gasteiger partial charge in [0.15, 0.2) is 0 Å². The Balaban J connectivity index is 2.33. The fraction of sp³-hybridized carbons (Fsp3) is 0.923. The minimum absolute atomic E-state index is 0.161. The molecule has 3 nitrogen and oxygen atoms in total. The lowest BCUT2D eigenvalue weighted by Gasteiger charge is -2.28. The molecule has 0 aliphatic heterocycles. The molecule has 16 heavy (non-hydrogen) atoms. The monoisotopic (exact) mass is 227 g/mol. The van der Waals surface area contributed by atoms with Crippen molar-refractivity contribution in [3.8, 4) is 0 Å². The maximum absolute atomic E-state index is 11.8. The predicted molar refractivity (Wildman–Crippen MR) is 65.1 cm³/mol. The maximum atomic E-state index is 11.8. The highest BCUT2D eigenvalue weighted by Gasteiger charge is 2.33. The number of hydrogen-bond donors (Lipinski definition) is 1.